The second-order valence-electron chi connectivity index (χ2n) is 11.0. The quantitative estimate of drug-likeness (QED) is 0.0611. The summed E-state index contributed by atoms with van der Waals surface area (Å²) in [5.41, 5.74) is 7.69. The van der Waals surface area contributed by atoms with Crippen molar-refractivity contribution in [2.45, 2.75) is 23.6 Å². The van der Waals surface area contributed by atoms with Gasteiger partial charge in [-0.3, -0.25) is 14.9 Å². The van der Waals surface area contributed by atoms with E-state index in [1.54, 1.807) is 72.8 Å². The van der Waals surface area contributed by atoms with Crippen molar-refractivity contribution in [1.29, 1.82) is 5.41 Å². The molecule has 50 heavy (non-hydrogen) atoms. The largest absolute Gasteiger partial charge is 0.493 e. The summed E-state index contributed by atoms with van der Waals surface area (Å²) in [6, 6.07) is 31.6. The first-order chi connectivity index (χ1) is 24.1. The minimum absolute atomic E-state index is 0.0303. The second-order valence-corrected chi connectivity index (χ2v) is 12.7. The van der Waals surface area contributed by atoms with E-state index in [4.69, 9.17) is 20.6 Å². The highest BCUT2D eigenvalue weighted by molar-refractivity contribution is 7.92. The van der Waals surface area contributed by atoms with E-state index in [-0.39, 0.29) is 40.1 Å². The van der Waals surface area contributed by atoms with Crippen LogP contribution in [-0.2, 0) is 26.2 Å². The molecule has 2 atom stereocenters. The standard InChI is InChI=1S/C37H35N5O7S/c1-48-31-21-29(30(42-50(46,47)28-15-9-4-10-16-28)22-32(31)49-23-24-11-5-2-6-12-24)34(40-27-19-17-26(18-20-27)35(38)39)36(43)41-33(37(44)45)25-13-7-3-8-14-25/h2-22,33-34,40,42H,23H2,1H3,(H3,38,39)(H,41,43)(H,44,45)/t33?,34-/m1/s1. The second kappa shape index (κ2) is 15.7. The Kier molecular flexibility index (Phi) is 11.0. The van der Waals surface area contributed by atoms with E-state index in [9.17, 15) is 23.1 Å². The molecule has 0 bridgehead atoms. The van der Waals surface area contributed by atoms with E-state index in [1.165, 1.54) is 31.4 Å². The van der Waals surface area contributed by atoms with Gasteiger partial charge in [0.25, 0.3) is 10.0 Å². The van der Waals surface area contributed by atoms with Gasteiger partial charge < -0.3 is 30.9 Å². The number of carboxylic acids is 1. The normalized spacial score (nSPS) is 12.2. The average Bonchev–Trinajstić information content (AvgIpc) is 3.13. The van der Waals surface area contributed by atoms with Gasteiger partial charge in [0, 0.05) is 22.9 Å². The molecule has 5 aromatic carbocycles. The number of benzene rings is 5. The van der Waals surface area contributed by atoms with Crippen LogP contribution < -0.4 is 30.6 Å². The third kappa shape index (κ3) is 8.57. The SMILES string of the molecule is COc1cc([C@@H](Nc2ccc(C(=N)N)cc2)C(=O)NC(C(=O)O)c2ccccc2)c(NS(=O)(=O)c2ccccc2)cc1OCc1ccccc1. The van der Waals surface area contributed by atoms with Crippen molar-refractivity contribution < 1.29 is 32.6 Å². The van der Waals surface area contributed by atoms with Crippen molar-refractivity contribution in [2.24, 2.45) is 5.73 Å². The molecule has 1 amide bonds. The van der Waals surface area contributed by atoms with Crippen LogP contribution in [0.15, 0.2) is 132 Å². The van der Waals surface area contributed by atoms with Gasteiger partial charge in [-0.1, -0.05) is 78.9 Å². The number of rotatable bonds is 15. The zero-order chi connectivity index (χ0) is 35.7. The van der Waals surface area contributed by atoms with Crippen LogP contribution in [0.25, 0.3) is 0 Å². The molecular weight excluding hydrogens is 659 g/mol. The Labute approximate surface area is 289 Å². The molecule has 0 radical (unpaired) electrons. The van der Waals surface area contributed by atoms with E-state index in [0.29, 0.717) is 16.8 Å². The number of hydrogen-bond donors (Lipinski definition) is 6. The summed E-state index contributed by atoms with van der Waals surface area (Å²) in [4.78, 5) is 26.6. The maximum Gasteiger partial charge on any atom is 0.330 e. The molecule has 13 heteroatoms. The Morgan fingerprint density at radius 1 is 0.820 bits per heavy atom. The summed E-state index contributed by atoms with van der Waals surface area (Å²) in [7, 11) is -2.80. The lowest BCUT2D eigenvalue weighted by molar-refractivity contribution is -0.142. The van der Waals surface area contributed by atoms with Gasteiger partial charge in [0.15, 0.2) is 17.5 Å². The number of ether oxygens (including phenoxy) is 2. The molecule has 0 spiro atoms. The van der Waals surface area contributed by atoms with Gasteiger partial charge in [-0.15, -0.1) is 0 Å². The smallest absolute Gasteiger partial charge is 0.330 e. The van der Waals surface area contributed by atoms with Crippen LogP contribution in [0.4, 0.5) is 11.4 Å². The number of carbonyl (C=O) groups excluding carboxylic acids is 1. The average molecular weight is 694 g/mol. The van der Waals surface area contributed by atoms with Crippen LogP contribution in [0.5, 0.6) is 11.5 Å². The summed E-state index contributed by atoms with van der Waals surface area (Å²) in [5, 5.41) is 23.5. The predicted molar refractivity (Wildman–Crippen MR) is 190 cm³/mol. The number of amides is 1. The summed E-state index contributed by atoms with van der Waals surface area (Å²) in [6.45, 7) is 0.128. The third-order valence-electron chi connectivity index (χ3n) is 7.62. The number of methoxy groups -OCH3 is 1. The minimum atomic E-state index is -4.20. The highest BCUT2D eigenvalue weighted by atomic mass is 32.2. The Morgan fingerprint density at radius 2 is 1.42 bits per heavy atom. The fourth-order valence-corrected chi connectivity index (χ4v) is 6.17. The van der Waals surface area contributed by atoms with Gasteiger partial charge in [0.1, 0.15) is 18.5 Å². The van der Waals surface area contributed by atoms with Crippen molar-refractivity contribution in [3.8, 4) is 11.5 Å². The van der Waals surface area contributed by atoms with Crippen LogP contribution in [0.2, 0.25) is 0 Å². The summed E-state index contributed by atoms with van der Waals surface area (Å²) < 4.78 is 41.7. The fraction of sp³-hybridized carbons (Fsp3) is 0.108. The highest BCUT2D eigenvalue weighted by Gasteiger charge is 2.32. The van der Waals surface area contributed by atoms with E-state index < -0.39 is 34.0 Å². The molecule has 0 aliphatic heterocycles. The molecule has 0 fully saturated rings. The number of hydrogen-bond acceptors (Lipinski definition) is 8. The van der Waals surface area contributed by atoms with E-state index in [0.717, 1.165) is 5.56 Å². The van der Waals surface area contributed by atoms with Crippen molar-refractivity contribution in [2.75, 3.05) is 17.1 Å². The fourth-order valence-electron chi connectivity index (χ4n) is 5.07. The summed E-state index contributed by atoms with van der Waals surface area (Å²) in [6.07, 6.45) is 0. The lowest BCUT2D eigenvalue weighted by atomic mass is 10.0. The molecular formula is C37H35N5O7S. The molecule has 0 aliphatic carbocycles. The lowest BCUT2D eigenvalue weighted by Gasteiger charge is -2.26. The van der Waals surface area contributed by atoms with Crippen LogP contribution >= 0.6 is 0 Å². The predicted octanol–water partition coefficient (Wildman–Crippen LogP) is 5.45. The first-order valence-corrected chi connectivity index (χ1v) is 16.8. The number of carbonyl (C=O) groups is 2. The zero-order valence-corrected chi connectivity index (χ0v) is 27.7. The summed E-state index contributed by atoms with van der Waals surface area (Å²) in [5.74, 6) is -1.89. The van der Waals surface area contributed by atoms with Gasteiger partial charge in [0.05, 0.1) is 17.7 Å². The number of aliphatic carboxylic acids is 1. The molecule has 5 aromatic rings. The first kappa shape index (κ1) is 35.0. The van der Waals surface area contributed by atoms with Crippen molar-refractivity contribution in [3.05, 3.63) is 150 Å². The molecule has 5 rings (SSSR count). The van der Waals surface area contributed by atoms with Gasteiger partial charge in [-0.2, -0.15) is 0 Å². The van der Waals surface area contributed by atoms with Gasteiger partial charge in [-0.05, 0) is 53.6 Å². The molecule has 0 aliphatic rings. The van der Waals surface area contributed by atoms with Crippen LogP contribution in [0.3, 0.4) is 0 Å². The maximum atomic E-state index is 14.3. The molecule has 12 nitrogen and oxygen atoms in total. The van der Waals surface area contributed by atoms with Gasteiger partial charge in [0.2, 0.25) is 5.91 Å². The molecule has 7 N–H and O–H groups in total. The molecule has 0 saturated heterocycles. The van der Waals surface area contributed by atoms with Crippen molar-refractivity contribution in [1.82, 2.24) is 5.32 Å². The third-order valence-corrected chi connectivity index (χ3v) is 9.00. The van der Waals surface area contributed by atoms with Gasteiger partial charge in [-0.25, -0.2) is 13.2 Å². The number of anilines is 2. The number of nitrogens with one attached hydrogen (secondary N) is 4. The maximum absolute atomic E-state index is 14.3. The molecule has 0 saturated carbocycles. The van der Waals surface area contributed by atoms with Crippen molar-refractivity contribution in [3.63, 3.8) is 0 Å². The van der Waals surface area contributed by atoms with Crippen LogP contribution in [0, 0.1) is 5.41 Å². The number of amidine groups is 1. The summed E-state index contributed by atoms with van der Waals surface area (Å²) >= 11 is 0. The number of sulfonamides is 1. The van der Waals surface area contributed by atoms with E-state index in [2.05, 4.69) is 15.4 Å². The molecule has 0 heterocycles. The Bertz CT molecular complexity index is 2060. The van der Waals surface area contributed by atoms with Crippen LogP contribution in [-0.4, -0.2) is 38.3 Å². The first-order valence-electron chi connectivity index (χ1n) is 15.3. The monoisotopic (exact) mass is 693 g/mol. The lowest BCUT2D eigenvalue weighted by Crippen LogP contribution is -2.39. The minimum Gasteiger partial charge on any atom is -0.493 e. The van der Waals surface area contributed by atoms with E-state index in [1.807, 2.05) is 30.3 Å². The zero-order valence-electron chi connectivity index (χ0n) is 26.9. The Balaban J connectivity index is 1.64. The molecule has 256 valence electrons. The van der Waals surface area contributed by atoms with Crippen LogP contribution in [0.1, 0.15) is 34.3 Å². The van der Waals surface area contributed by atoms with E-state index >= 15 is 0 Å². The molecule has 1 unspecified atom stereocenters. The number of carboxylic acid groups (broad SMARTS) is 1. The topological polar surface area (TPSA) is 193 Å². The number of nitrogen functional groups attached to an aromatic ring is 1. The highest BCUT2D eigenvalue weighted by Crippen LogP contribution is 2.39. The Morgan fingerprint density at radius 3 is 2.00 bits per heavy atom. The van der Waals surface area contributed by atoms with Crippen molar-refractivity contribution >= 4 is 39.1 Å². The van der Waals surface area contributed by atoms with Gasteiger partial charge >= 0.3 is 5.97 Å². The number of nitrogens with two attached hydrogens (primary N) is 1. The Hall–Kier alpha value is -6.34. The molecule has 0 aromatic heterocycles.